The van der Waals surface area contributed by atoms with E-state index in [2.05, 4.69) is 0 Å². The molecule has 206 valence electrons. The van der Waals surface area contributed by atoms with Gasteiger partial charge >= 0.3 is 24.2 Å². The first-order valence-corrected chi connectivity index (χ1v) is 11.4. The van der Waals surface area contributed by atoms with Gasteiger partial charge in [0.15, 0.2) is 0 Å². The maximum Gasteiger partial charge on any atom is 0.416 e. The molecular formula is C25H24F7N3O3. The number of alkyl halides is 6. The number of benzene rings is 2. The minimum Gasteiger partial charge on any atom is -0.361 e. The van der Waals surface area contributed by atoms with Gasteiger partial charge < -0.3 is 15.5 Å². The minimum atomic E-state index is -5.04. The van der Waals surface area contributed by atoms with Crippen LogP contribution in [0, 0.1) is 18.7 Å². The summed E-state index contributed by atoms with van der Waals surface area (Å²) in [6, 6.07) is 4.91. The number of likely N-dealkylation sites (tertiary alicyclic amines) is 1. The van der Waals surface area contributed by atoms with Crippen molar-refractivity contribution in [1.29, 1.82) is 0 Å². The van der Waals surface area contributed by atoms with Gasteiger partial charge in [-0.25, -0.2) is 4.39 Å². The number of piperidine rings is 1. The molecule has 2 atom stereocenters. The molecule has 1 heterocycles. The maximum absolute atomic E-state index is 13.7. The molecule has 0 radical (unpaired) electrons. The third-order valence-corrected chi connectivity index (χ3v) is 6.50. The SMILES string of the molecule is Cc1cc(F)ccc1[C@@H]1CN(C(=O)C(N)=O)CC[C@@H]1C(=O)N(C)Cc1cc(C(F)(F)F)cc(C(F)(F)F)c1. The summed E-state index contributed by atoms with van der Waals surface area (Å²) in [6.45, 7) is 0.867. The Labute approximate surface area is 213 Å². The van der Waals surface area contributed by atoms with Crippen molar-refractivity contribution >= 4 is 17.7 Å². The van der Waals surface area contributed by atoms with Gasteiger partial charge in [0.1, 0.15) is 5.82 Å². The van der Waals surface area contributed by atoms with Crippen molar-refractivity contribution in [3.8, 4) is 0 Å². The Morgan fingerprint density at radius 1 is 1.00 bits per heavy atom. The van der Waals surface area contributed by atoms with Gasteiger partial charge in [-0.15, -0.1) is 0 Å². The van der Waals surface area contributed by atoms with E-state index < -0.39 is 65.4 Å². The van der Waals surface area contributed by atoms with Gasteiger partial charge in [-0.3, -0.25) is 14.4 Å². The molecule has 2 aromatic rings. The van der Waals surface area contributed by atoms with Crippen LogP contribution >= 0.6 is 0 Å². The molecular weight excluding hydrogens is 523 g/mol. The molecule has 0 aliphatic carbocycles. The highest BCUT2D eigenvalue weighted by Gasteiger charge is 2.40. The van der Waals surface area contributed by atoms with Crippen LogP contribution in [0.5, 0.6) is 0 Å². The van der Waals surface area contributed by atoms with Crippen LogP contribution in [0.3, 0.4) is 0 Å². The maximum atomic E-state index is 13.7. The normalized spacial score (nSPS) is 18.3. The summed E-state index contributed by atoms with van der Waals surface area (Å²) in [7, 11) is 1.24. The van der Waals surface area contributed by atoms with Crippen LogP contribution in [0.25, 0.3) is 0 Å². The van der Waals surface area contributed by atoms with Gasteiger partial charge in [0.2, 0.25) is 5.91 Å². The van der Waals surface area contributed by atoms with Gasteiger partial charge in [0.05, 0.1) is 11.1 Å². The van der Waals surface area contributed by atoms with Gasteiger partial charge in [0, 0.05) is 38.5 Å². The molecule has 3 rings (SSSR count). The van der Waals surface area contributed by atoms with Crippen LogP contribution in [0.1, 0.15) is 40.2 Å². The molecule has 3 amide bonds. The van der Waals surface area contributed by atoms with Gasteiger partial charge in [0.25, 0.3) is 0 Å². The zero-order valence-electron chi connectivity index (χ0n) is 20.3. The number of nitrogens with two attached hydrogens (primary N) is 1. The quantitative estimate of drug-likeness (QED) is 0.459. The summed E-state index contributed by atoms with van der Waals surface area (Å²) < 4.78 is 93.2. The predicted octanol–water partition coefficient (Wildman–Crippen LogP) is 4.25. The summed E-state index contributed by atoms with van der Waals surface area (Å²) >= 11 is 0. The first-order chi connectivity index (χ1) is 17.5. The van der Waals surface area contributed by atoms with E-state index in [4.69, 9.17) is 5.73 Å². The van der Waals surface area contributed by atoms with Crippen molar-refractivity contribution in [3.63, 3.8) is 0 Å². The molecule has 6 nitrogen and oxygen atoms in total. The van der Waals surface area contributed by atoms with E-state index in [1.807, 2.05) is 0 Å². The van der Waals surface area contributed by atoms with Crippen molar-refractivity contribution in [2.24, 2.45) is 11.7 Å². The van der Waals surface area contributed by atoms with Crippen molar-refractivity contribution in [2.45, 2.75) is 38.2 Å². The summed E-state index contributed by atoms with van der Waals surface area (Å²) in [5, 5.41) is 0. The highest BCUT2D eigenvalue weighted by atomic mass is 19.4. The van der Waals surface area contributed by atoms with E-state index in [1.165, 1.54) is 19.2 Å². The second-order valence-electron chi connectivity index (χ2n) is 9.23. The van der Waals surface area contributed by atoms with Crippen LogP contribution in [0.4, 0.5) is 30.7 Å². The molecule has 0 unspecified atom stereocenters. The van der Waals surface area contributed by atoms with Crippen LogP contribution in [-0.4, -0.2) is 47.7 Å². The van der Waals surface area contributed by atoms with E-state index >= 15 is 0 Å². The number of carbonyl (C=O) groups excluding carboxylic acids is 3. The molecule has 0 spiro atoms. The first-order valence-electron chi connectivity index (χ1n) is 11.4. The van der Waals surface area contributed by atoms with E-state index in [0.717, 1.165) is 15.9 Å². The second-order valence-corrected chi connectivity index (χ2v) is 9.23. The lowest BCUT2D eigenvalue weighted by molar-refractivity contribution is -0.147. The Kier molecular flexibility index (Phi) is 8.08. The fourth-order valence-corrected chi connectivity index (χ4v) is 4.70. The number of hydrogen-bond acceptors (Lipinski definition) is 3. The van der Waals surface area contributed by atoms with Crippen LogP contribution in [0.15, 0.2) is 36.4 Å². The largest absolute Gasteiger partial charge is 0.416 e. The Morgan fingerprint density at radius 2 is 1.58 bits per heavy atom. The molecule has 1 fully saturated rings. The molecule has 38 heavy (non-hydrogen) atoms. The van der Waals surface area contributed by atoms with E-state index in [0.29, 0.717) is 23.3 Å². The lowest BCUT2D eigenvalue weighted by Gasteiger charge is -2.39. The number of amides is 3. The lowest BCUT2D eigenvalue weighted by Crippen LogP contribution is -2.50. The summed E-state index contributed by atoms with van der Waals surface area (Å²) in [6.07, 6.45) is -10.0. The van der Waals surface area contributed by atoms with Crippen molar-refractivity contribution < 1.29 is 45.1 Å². The fraction of sp³-hybridized carbons (Fsp3) is 0.400. The minimum absolute atomic E-state index is 0.00410. The molecule has 1 saturated heterocycles. The number of hydrogen-bond donors (Lipinski definition) is 1. The van der Waals surface area contributed by atoms with Crippen molar-refractivity contribution in [1.82, 2.24) is 9.80 Å². The van der Waals surface area contributed by atoms with Gasteiger partial charge in [-0.2, -0.15) is 26.3 Å². The lowest BCUT2D eigenvalue weighted by atomic mass is 9.78. The standard InChI is InChI=1S/C25H24F7N3O3/c1-13-7-17(26)3-4-18(13)20-12-35(23(38)21(33)36)6-5-19(20)22(37)34(2)11-14-8-15(24(27,28)29)10-16(9-14)25(30,31)32/h3-4,7-10,19-20H,5-6,11-12H2,1-2H3,(H2,33,36)/t19-,20-/m0/s1. The van der Waals surface area contributed by atoms with Crippen LogP contribution < -0.4 is 5.73 Å². The smallest absolute Gasteiger partial charge is 0.361 e. The predicted molar refractivity (Wildman–Crippen MR) is 121 cm³/mol. The van der Waals surface area contributed by atoms with Gasteiger partial charge in [-0.05, 0) is 60.4 Å². The summed E-state index contributed by atoms with van der Waals surface area (Å²) in [4.78, 5) is 39.2. The molecule has 2 N–H and O–H groups in total. The van der Waals surface area contributed by atoms with Crippen molar-refractivity contribution in [2.75, 3.05) is 20.1 Å². The molecule has 0 aromatic heterocycles. The summed E-state index contributed by atoms with van der Waals surface area (Å²) in [5.74, 6) is -4.93. The molecule has 13 heteroatoms. The Hall–Kier alpha value is -3.64. The average molecular weight is 547 g/mol. The molecule has 1 aliphatic rings. The Morgan fingerprint density at radius 3 is 2.08 bits per heavy atom. The number of carbonyl (C=O) groups is 3. The molecule has 0 bridgehead atoms. The van der Waals surface area contributed by atoms with Crippen LogP contribution in [-0.2, 0) is 33.3 Å². The zero-order valence-corrected chi connectivity index (χ0v) is 20.3. The highest BCUT2D eigenvalue weighted by molar-refractivity contribution is 6.34. The topological polar surface area (TPSA) is 83.7 Å². The van der Waals surface area contributed by atoms with E-state index in [-0.39, 0.29) is 31.1 Å². The summed E-state index contributed by atoms with van der Waals surface area (Å²) in [5.41, 5.74) is 2.68. The number of nitrogens with zero attached hydrogens (tertiary/aromatic N) is 2. The third kappa shape index (κ3) is 6.43. The van der Waals surface area contributed by atoms with Crippen LogP contribution in [0.2, 0.25) is 0 Å². The first kappa shape index (κ1) is 28.9. The Balaban J connectivity index is 1.93. The molecule has 2 aromatic carbocycles. The fourth-order valence-electron chi connectivity index (χ4n) is 4.70. The third-order valence-electron chi connectivity index (χ3n) is 6.50. The number of halogens is 7. The number of aryl methyl sites for hydroxylation is 1. The zero-order chi connectivity index (χ0) is 28.6. The van der Waals surface area contributed by atoms with E-state index in [9.17, 15) is 45.1 Å². The molecule has 1 aliphatic heterocycles. The number of primary amides is 1. The Bertz CT molecular complexity index is 1210. The van der Waals surface area contributed by atoms with Crippen molar-refractivity contribution in [3.05, 3.63) is 70.0 Å². The average Bonchev–Trinajstić information content (AvgIpc) is 2.81. The van der Waals surface area contributed by atoms with Gasteiger partial charge in [-0.1, -0.05) is 6.07 Å². The monoisotopic (exact) mass is 547 g/mol. The highest BCUT2D eigenvalue weighted by Crippen LogP contribution is 2.38. The number of rotatable bonds is 4. The second kappa shape index (κ2) is 10.6. The molecule has 0 saturated carbocycles. The van der Waals surface area contributed by atoms with E-state index in [1.54, 1.807) is 6.92 Å².